The van der Waals surface area contributed by atoms with Crippen LogP contribution in [0.4, 0.5) is 45.5 Å². The average molecular weight is 746 g/mol. The number of furan rings is 1. The number of rotatable bonds is 10. The van der Waals surface area contributed by atoms with Gasteiger partial charge < -0.3 is 19.5 Å². The molecule has 0 spiro atoms. The lowest BCUT2D eigenvalue weighted by atomic mass is 9.95. The Morgan fingerprint density at radius 3 is 1.29 bits per heavy atom. The van der Waals surface area contributed by atoms with Crippen molar-refractivity contribution in [3.63, 3.8) is 0 Å². The Bertz CT molecular complexity index is 2870. The van der Waals surface area contributed by atoms with Crippen molar-refractivity contribution < 1.29 is 4.42 Å². The number of benzene rings is 9. The second-order valence-corrected chi connectivity index (χ2v) is 14.3. The lowest BCUT2D eigenvalue weighted by Crippen LogP contribution is -2.14. The summed E-state index contributed by atoms with van der Waals surface area (Å²) in [6, 6.07) is 81.0. The fraction of sp³-hybridized carbons (Fsp3) is 0. The van der Waals surface area contributed by atoms with E-state index < -0.39 is 0 Å². The first-order chi connectivity index (χ1) is 28.8. The summed E-state index contributed by atoms with van der Waals surface area (Å²) in [6.07, 6.45) is 0. The third-order valence-corrected chi connectivity index (χ3v) is 10.6. The summed E-state index contributed by atoms with van der Waals surface area (Å²) in [5.41, 5.74) is 14.3. The molecular weight excluding hydrogens is 707 g/mol. The van der Waals surface area contributed by atoms with E-state index in [4.69, 9.17) is 4.42 Å². The van der Waals surface area contributed by atoms with Crippen LogP contribution in [-0.2, 0) is 0 Å². The average Bonchev–Trinajstić information content (AvgIpc) is 3.66. The molecule has 0 aliphatic carbocycles. The fourth-order valence-corrected chi connectivity index (χ4v) is 7.95. The molecule has 0 saturated heterocycles. The number of fused-ring (bicyclic) bond motifs is 3. The van der Waals surface area contributed by atoms with Gasteiger partial charge in [-0.25, -0.2) is 0 Å². The van der Waals surface area contributed by atoms with Crippen LogP contribution in [0.5, 0.6) is 0 Å². The lowest BCUT2D eigenvalue weighted by molar-refractivity contribution is 0.669. The lowest BCUT2D eigenvalue weighted by Gasteiger charge is -2.30. The maximum atomic E-state index is 6.46. The predicted molar refractivity (Wildman–Crippen MR) is 244 cm³/mol. The van der Waals surface area contributed by atoms with Gasteiger partial charge in [0.2, 0.25) is 0 Å². The molecule has 0 radical (unpaired) electrons. The van der Waals surface area contributed by atoms with Crippen LogP contribution in [0.2, 0.25) is 0 Å². The molecule has 0 aliphatic rings. The van der Waals surface area contributed by atoms with Crippen molar-refractivity contribution in [2.45, 2.75) is 0 Å². The normalized spacial score (nSPS) is 11.1. The van der Waals surface area contributed by atoms with Crippen molar-refractivity contribution in [3.05, 3.63) is 231 Å². The molecule has 9 aromatic carbocycles. The molecule has 4 nitrogen and oxygen atoms in total. The highest BCUT2D eigenvalue weighted by atomic mass is 16.3. The van der Waals surface area contributed by atoms with Crippen molar-refractivity contribution in [1.29, 1.82) is 0 Å². The van der Waals surface area contributed by atoms with E-state index in [0.29, 0.717) is 0 Å². The molecule has 0 fully saturated rings. The largest absolute Gasteiger partial charge is 0.456 e. The Morgan fingerprint density at radius 1 is 0.310 bits per heavy atom. The van der Waals surface area contributed by atoms with E-state index in [1.807, 2.05) is 12.1 Å². The molecule has 0 bridgehead atoms. The molecule has 276 valence electrons. The summed E-state index contributed by atoms with van der Waals surface area (Å²) in [5, 5.41) is 6.21. The smallest absolute Gasteiger partial charge is 0.137 e. The topological polar surface area (TPSA) is 31.6 Å². The third-order valence-electron chi connectivity index (χ3n) is 10.6. The Hall–Kier alpha value is -7.82. The highest BCUT2D eigenvalue weighted by molar-refractivity contribution is 6.06. The zero-order valence-electron chi connectivity index (χ0n) is 31.7. The van der Waals surface area contributed by atoms with Gasteiger partial charge in [-0.05, 0) is 83.9 Å². The quantitative estimate of drug-likeness (QED) is 0.151. The van der Waals surface area contributed by atoms with Gasteiger partial charge in [0.1, 0.15) is 11.2 Å². The summed E-state index contributed by atoms with van der Waals surface area (Å²) in [5.74, 6) is 0. The number of nitrogens with one attached hydrogen (secondary N) is 1. The van der Waals surface area contributed by atoms with Gasteiger partial charge in [0.15, 0.2) is 0 Å². The van der Waals surface area contributed by atoms with Crippen molar-refractivity contribution >= 4 is 67.4 Å². The van der Waals surface area contributed by atoms with Gasteiger partial charge in [0.25, 0.3) is 0 Å². The van der Waals surface area contributed by atoms with E-state index in [1.165, 1.54) is 0 Å². The summed E-state index contributed by atoms with van der Waals surface area (Å²) < 4.78 is 6.46. The molecule has 0 atom stereocenters. The molecular formula is C54H39N3O. The second kappa shape index (κ2) is 15.4. The molecule has 10 aromatic rings. The Kier molecular flexibility index (Phi) is 9.18. The molecule has 4 heteroatoms. The Balaban J connectivity index is 1.22. The van der Waals surface area contributed by atoms with E-state index in [1.54, 1.807) is 0 Å². The van der Waals surface area contributed by atoms with Gasteiger partial charge in [0.05, 0.1) is 17.1 Å². The molecule has 1 N–H and O–H groups in total. The van der Waals surface area contributed by atoms with Crippen molar-refractivity contribution in [3.8, 4) is 22.3 Å². The molecule has 0 aliphatic heterocycles. The van der Waals surface area contributed by atoms with Crippen LogP contribution in [-0.4, -0.2) is 0 Å². The first-order valence-corrected chi connectivity index (χ1v) is 19.6. The van der Waals surface area contributed by atoms with Crippen molar-refractivity contribution in [1.82, 2.24) is 0 Å². The van der Waals surface area contributed by atoms with E-state index in [9.17, 15) is 0 Å². The van der Waals surface area contributed by atoms with E-state index >= 15 is 0 Å². The number of para-hydroxylation sites is 5. The van der Waals surface area contributed by atoms with E-state index in [0.717, 1.165) is 89.7 Å². The van der Waals surface area contributed by atoms with Crippen LogP contribution in [0.25, 0.3) is 44.2 Å². The molecule has 0 unspecified atom stereocenters. The standard InChI is InChI=1S/C54H39N3O/c1-6-19-39(20-7-1)48-30-18-31-49(40-21-8-2-9-22-40)54(48)55-41-35-46(56(42-23-10-3-11-24-42)43-25-12-4-13-26-43)37-47(36-41)57(44-27-14-5-15-28-44)45-33-34-51-50-29-16-17-32-52(50)58-53(51)38-45/h1-38,55H. The Labute approximate surface area is 338 Å². The molecule has 0 amide bonds. The number of hydrogen-bond donors (Lipinski definition) is 1. The monoisotopic (exact) mass is 745 g/mol. The number of hydrogen-bond acceptors (Lipinski definition) is 4. The summed E-state index contributed by atoms with van der Waals surface area (Å²) >= 11 is 0. The van der Waals surface area contributed by atoms with Crippen molar-refractivity contribution in [2.24, 2.45) is 0 Å². The first-order valence-electron chi connectivity index (χ1n) is 19.6. The summed E-state index contributed by atoms with van der Waals surface area (Å²) in [4.78, 5) is 4.64. The van der Waals surface area contributed by atoms with Gasteiger partial charge in [-0.15, -0.1) is 0 Å². The minimum atomic E-state index is 0.841. The van der Waals surface area contributed by atoms with Gasteiger partial charge in [0, 0.05) is 56.4 Å². The Morgan fingerprint density at radius 2 is 0.759 bits per heavy atom. The van der Waals surface area contributed by atoms with Crippen LogP contribution in [0.15, 0.2) is 235 Å². The predicted octanol–water partition coefficient (Wildman–Crippen LogP) is 15.6. The van der Waals surface area contributed by atoms with Gasteiger partial charge in [-0.1, -0.05) is 152 Å². The highest BCUT2D eigenvalue weighted by Gasteiger charge is 2.21. The van der Waals surface area contributed by atoms with Crippen LogP contribution < -0.4 is 15.1 Å². The molecule has 58 heavy (non-hydrogen) atoms. The first kappa shape index (κ1) is 34.7. The molecule has 1 heterocycles. The highest BCUT2D eigenvalue weighted by Crippen LogP contribution is 2.46. The molecule has 1 aromatic heterocycles. The van der Waals surface area contributed by atoms with Crippen LogP contribution in [0.3, 0.4) is 0 Å². The number of anilines is 8. The number of nitrogens with zero attached hydrogens (tertiary/aromatic N) is 2. The van der Waals surface area contributed by atoms with Crippen molar-refractivity contribution in [2.75, 3.05) is 15.1 Å². The molecule has 0 saturated carbocycles. The van der Waals surface area contributed by atoms with E-state index in [-0.39, 0.29) is 0 Å². The molecule has 10 rings (SSSR count). The maximum Gasteiger partial charge on any atom is 0.137 e. The maximum absolute atomic E-state index is 6.46. The van der Waals surface area contributed by atoms with Gasteiger partial charge in [-0.3, -0.25) is 0 Å². The minimum Gasteiger partial charge on any atom is -0.456 e. The SMILES string of the molecule is c1ccc(-c2cccc(-c3ccccc3)c2Nc2cc(N(c3ccccc3)c3ccccc3)cc(N(c3ccccc3)c3ccc4c(c3)oc3ccccc34)c2)cc1. The minimum absolute atomic E-state index is 0.841. The van der Waals surface area contributed by atoms with Gasteiger partial charge in [-0.2, -0.15) is 0 Å². The van der Waals surface area contributed by atoms with Crippen LogP contribution in [0.1, 0.15) is 0 Å². The summed E-state index contributed by atoms with van der Waals surface area (Å²) in [7, 11) is 0. The third kappa shape index (κ3) is 6.74. The van der Waals surface area contributed by atoms with Crippen LogP contribution in [0, 0.1) is 0 Å². The van der Waals surface area contributed by atoms with E-state index in [2.05, 4.69) is 234 Å². The fourth-order valence-electron chi connectivity index (χ4n) is 7.95. The van der Waals surface area contributed by atoms with Gasteiger partial charge >= 0.3 is 0 Å². The zero-order chi connectivity index (χ0) is 38.7. The van der Waals surface area contributed by atoms with Crippen LogP contribution >= 0.6 is 0 Å². The summed E-state index contributed by atoms with van der Waals surface area (Å²) in [6.45, 7) is 0. The second-order valence-electron chi connectivity index (χ2n) is 14.3. The zero-order valence-corrected chi connectivity index (χ0v) is 31.7.